The van der Waals surface area contributed by atoms with E-state index in [1.54, 1.807) is 25.3 Å². The predicted molar refractivity (Wildman–Crippen MR) is 123 cm³/mol. The van der Waals surface area contributed by atoms with Crippen LogP contribution in [0.15, 0.2) is 58.2 Å². The van der Waals surface area contributed by atoms with Crippen molar-refractivity contribution in [3.63, 3.8) is 0 Å². The summed E-state index contributed by atoms with van der Waals surface area (Å²) in [5, 5.41) is 17.9. The SMILES string of the molecule is Cc1c(C(=O)NCc2ccccn2)oc2c1/C(=N/NC(=O)Cc1ccc([N+](=O)[O-])cc1)CCC2. The molecule has 10 nitrogen and oxygen atoms in total. The summed E-state index contributed by atoms with van der Waals surface area (Å²) < 4.78 is 5.87. The maximum atomic E-state index is 12.7. The Balaban J connectivity index is 1.43. The molecule has 2 aromatic heterocycles. The van der Waals surface area contributed by atoms with Crippen LogP contribution in [-0.4, -0.2) is 27.4 Å². The number of aryl methyl sites for hydroxylation is 1. The number of hydrogen-bond acceptors (Lipinski definition) is 7. The molecular formula is C24H23N5O5. The zero-order chi connectivity index (χ0) is 24.1. The lowest BCUT2D eigenvalue weighted by Crippen LogP contribution is -2.24. The molecule has 0 spiro atoms. The number of nitrogens with one attached hydrogen (secondary N) is 2. The van der Waals surface area contributed by atoms with Gasteiger partial charge in [0.2, 0.25) is 5.91 Å². The summed E-state index contributed by atoms with van der Waals surface area (Å²) >= 11 is 0. The molecule has 10 heteroatoms. The number of amides is 2. The molecule has 0 aliphatic heterocycles. The summed E-state index contributed by atoms with van der Waals surface area (Å²) in [5.41, 5.74) is 5.99. The van der Waals surface area contributed by atoms with Gasteiger partial charge in [0.15, 0.2) is 5.76 Å². The molecule has 2 amide bonds. The Bertz CT molecular complexity index is 1250. The Labute approximate surface area is 195 Å². The third kappa shape index (κ3) is 5.17. The summed E-state index contributed by atoms with van der Waals surface area (Å²) in [6.07, 6.45) is 3.80. The van der Waals surface area contributed by atoms with E-state index in [1.807, 2.05) is 18.2 Å². The highest BCUT2D eigenvalue weighted by molar-refractivity contribution is 6.06. The number of hydrazone groups is 1. The van der Waals surface area contributed by atoms with E-state index in [0.29, 0.717) is 35.4 Å². The van der Waals surface area contributed by atoms with Crippen molar-refractivity contribution in [2.24, 2.45) is 5.10 Å². The maximum Gasteiger partial charge on any atom is 0.287 e. The van der Waals surface area contributed by atoms with Crippen LogP contribution in [0, 0.1) is 17.0 Å². The molecule has 0 bridgehead atoms. The largest absolute Gasteiger partial charge is 0.455 e. The fourth-order valence-corrected chi connectivity index (χ4v) is 3.84. The number of non-ortho nitro benzene ring substituents is 1. The van der Waals surface area contributed by atoms with Gasteiger partial charge in [-0.3, -0.25) is 24.7 Å². The second-order valence-electron chi connectivity index (χ2n) is 7.91. The molecule has 0 unspecified atom stereocenters. The number of nitro groups is 1. The number of furan rings is 1. The molecule has 34 heavy (non-hydrogen) atoms. The molecule has 1 aliphatic rings. The second-order valence-corrected chi connectivity index (χ2v) is 7.91. The van der Waals surface area contributed by atoms with Crippen LogP contribution in [0.1, 0.15) is 51.5 Å². The molecule has 3 aromatic rings. The van der Waals surface area contributed by atoms with Gasteiger partial charge in [0.05, 0.1) is 29.3 Å². The quantitative estimate of drug-likeness (QED) is 0.409. The van der Waals surface area contributed by atoms with Crippen LogP contribution in [-0.2, 0) is 24.2 Å². The molecule has 0 fully saturated rings. The first-order valence-electron chi connectivity index (χ1n) is 10.8. The smallest absolute Gasteiger partial charge is 0.287 e. The third-order valence-corrected chi connectivity index (χ3v) is 5.52. The first kappa shape index (κ1) is 22.8. The second kappa shape index (κ2) is 10.1. The van der Waals surface area contributed by atoms with Gasteiger partial charge in [0, 0.05) is 35.9 Å². The molecule has 0 saturated carbocycles. The standard InChI is InChI=1S/C24H23N5O5/c1-15-22-19(27-28-21(30)13-16-8-10-18(11-9-16)29(32)33)6-4-7-20(22)34-23(15)24(31)26-14-17-5-2-3-12-25-17/h2-3,5,8-12H,4,6-7,13-14H2,1H3,(H,26,31)(H,28,30)/b27-19+. The lowest BCUT2D eigenvalue weighted by Gasteiger charge is -2.13. The van der Waals surface area contributed by atoms with Crippen molar-refractivity contribution in [2.75, 3.05) is 0 Å². The van der Waals surface area contributed by atoms with Crippen LogP contribution in [0.25, 0.3) is 0 Å². The van der Waals surface area contributed by atoms with Gasteiger partial charge in [-0.15, -0.1) is 0 Å². The van der Waals surface area contributed by atoms with Crippen LogP contribution in [0.4, 0.5) is 5.69 Å². The van der Waals surface area contributed by atoms with Gasteiger partial charge >= 0.3 is 0 Å². The van der Waals surface area contributed by atoms with Crippen molar-refractivity contribution < 1.29 is 18.9 Å². The molecule has 0 atom stereocenters. The van der Waals surface area contributed by atoms with E-state index in [4.69, 9.17) is 4.42 Å². The van der Waals surface area contributed by atoms with E-state index in [9.17, 15) is 19.7 Å². The highest BCUT2D eigenvalue weighted by Gasteiger charge is 2.28. The van der Waals surface area contributed by atoms with Crippen molar-refractivity contribution in [1.82, 2.24) is 15.7 Å². The third-order valence-electron chi connectivity index (χ3n) is 5.52. The molecule has 0 saturated heterocycles. The van der Waals surface area contributed by atoms with Gasteiger partial charge in [-0.2, -0.15) is 5.10 Å². The van der Waals surface area contributed by atoms with Crippen molar-refractivity contribution in [3.8, 4) is 0 Å². The predicted octanol–water partition coefficient (Wildman–Crippen LogP) is 3.22. The van der Waals surface area contributed by atoms with Crippen LogP contribution in [0.5, 0.6) is 0 Å². The van der Waals surface area contributed by atoms with Gasteiger partial charge in [-0.05, 0) is 37.5 Å². The van der Waals surface area contributed by atoms with Crippen LogP contribution < -0.4 is 10.7 Å². The average molecular weight is 461 g/mol. The maximum absolute atomic E-state index is 12.7. The fraction of sp³-hybridized carbons (Fsp3) is 0.250. The Morgan fingerprint density at radius 1 is 1.18 bits per heavy atom. The molecule has 174 valence electrons. The summed E-state index contributed by atoms with van der Waals surface area (Å²) in [4.78, 5) is 39.5. The number of carbonyl (C=O) groups is 2. The summed E-state index contributed by atoms with van der Waals surface area (Å²) in [6, 6.07) is 11.3. The van der Waals surface area contributed by atoms with Crippen molar-refractivity contribution in [2.45, 2.75) is 39.2 Å². The molecule has 1 aliphatic carbocycles. The van der Waals surface area contributed by atoms with Crippen molar-refractivity contribution in [3.05, 3.63) is 92.7 Å². The first-order chi connectivity index (χ1) is 16.4. The zero-order valence-electron chi connectivity index (χ0n) is 18.5. The highest BCUT2D eigenvalue weighted by atomic mass is 16.6. The Morgan fingerprint density at radius 2 is 1.97 bits per heavy atom. The number of nitrogens with zero attached hydrogens (tertiary/aromatic N) is 3. The van der Waals surface area contributed by atoms with Gasteiger partial charge in [-0.1, -0.05) is 18.2 Å². The van der Waals surface area contributed by atoms with Crippen LogP contribution in [0.3, 0.4) is 0 Å². The minimum Gasteiger partial charge on any atom is -0.455 e. The number of fused-ring (bicyclic) bond motifs is 1. The lowest BCUT2D eigenvalue weighted by molar-refractivity contribution is -0.384. The zero-order valence-corrected chi connectivity index (χ0v) is 18.5. The number of aromatic nitrogens is 1. The van der Waals surface area contributed by atoms with E-state index >= 15 is 0 Å². The Hall–Kier alpha value is -4.34. The number of nitro benzene ring substituents is 1. The molecule has 2 N–H and O–H groups in total. The number of carbonyl (C=O) groups excluding carboxylic acids is 2. The van der Waals surface area contributed by atoms with Gasteiger partial charge < -0.3 is 9.73 Å². The van der Waals surface area contributed by atoms with Crippen molar-refractivity contribution >= 4 is 23.2 Å². The van der Waals surface area contributed by atoms with Gasteiger partial charge in [-0.25, -0.2) is 5.43 Å². The van der Waals surface area contributed by atoms with Gasteiger partial charge in [0.1, 0.15) is 5.76 Å². The number of pyridine rings is 1. The Morgan fingerprint density at radius 3 is 2.68 bits per heavy atom. The van der Waals surface area contributed by atoms with E-state index < -0.39 is 4.92 Å². The number of rotatable bonds is 7. The summed E-state index contributed by atoms with van der Waals surface area (Å²) in [7, 11) is 0. The normalized spacial score (nSPS) is 13.9. The first-order valence-corrected chi connectivity index (χ1v) is 10.8. The average Bonchev–Trinajstić information content (AvgIpc) is 3.19. The van der Waals surface area contributed by atoms with Crippen LogP contribution >= 0.6 is 0 Å². The van der Waals surface area contributed by atoms with Crippen molar-refractivity contribution in [1.29, 1.82) is 0 Å². The minimum absolute atomic E-state index is 0.0329. The lowest BCUT2D eigenvalue weighted by atomic mass is 9.93. The monoisotopic (exact) mass is 461 g/mol. The van der Waals surface area contributed by atoms with E-state index in [2.05, 4.69) is 20.8 Å². The van der Waals surface area contributed by atoms with E-state index in [1.165, 1.54) is 12.1 Å². The summed E-state index contributed by atoms with van der Waals surface area (Å²) in [5.74, 6) is 0.227. The highest BCUT2D eigenvalue weighted by Crippen LogP contribution is 2.30. The topological polar surface area (TPSA) is 140 Å². The number of benzene rings is 1. The summed E-state index contributed by atoms with van der Waals surface area (Å²) in [6.45, 7) is 2.08. The molecule has 2 heterocycles. The Kier molecular flexibility index (Phi) is 6.77. The fourth-order valence-electron chi connectivity index (χ4n) is 3.84. The molecular weight excluding hydrogens is 438 g/mol. The van der Waals surface area contributed by atoms with Gasteiger partial charge in [0.25, 0.3) is 11.6 Å². The van der Waals surface area contributed by atoms with Crippen LogP contribution in [0.2, 0.25) is 0 Å². The molecule has 4 rings (SSSR count). The molecule has 1 aromatic carbocycles. The minimum atomic E-state index is -0.489. The van der Waals surface area contributed by atoms with E-state index in [0.717, 1.165) is 17.7 Å². The number of hydrogen-bond donors (Lipinski definition) is 2. The molecule has 0 radical (unpaired) electrons. The van der Waals surface area contributed by atoms with E-state index in [-0.39, 0.29) is 36.2 Å².